The zero-order valence-corrected chi connectivity index (χ0v) is 19.5. The van der Waals surface area contributed by atoms with E-state index in [1.807, 2.05) is 38.9 Å². The fourth-order valence-corrected chi connectivity index (χ4v) is 3.65. The molecule has 0 amide bonds. The van der Waals surface area contributed by atoms with E-state index in [2.05, 4.69) is 28.7 Å². The smallest absolute Gasteiger partial charge is 0.175 e. The van der Waals surface area contributed by atoms with Crippen molar-refractivity contribution in [1.29, 1.82) is 0 Å². The number of anilines is 1. The Balaban J connectivity index is 2.89. The molecule has 0 fully saturated rings. The Labute approximate surface area is 176 Å². The maximum absolute atomic E-state index is 11.9. The summed E-state index contributed by atoms with van der Waals surface area (Å²) in [4.78, 5) is 0.313. The molecule has 8 heteroatoms. The quantitative estimate of drug-likeness (QED) is 0.300. The van der Waals surface area contributed by atoms with Crippen molar-refractivity contribution in [3.8, 4) is 0 Å². The Morgan fingerprint density at radius 1 is 1.38 bits per heavy atom. The third kappa shape index (κ3) is 8.95. The molecule has 0 bridgehead atoms. The minimum absolute atomic E-state index is 0.0783. The molecule has 1 rings (SSSR count). The Hall–Kier alpha value is -1.93. The molecular formula is C21H37N5O2S. The molecular weight excluding hydrogens is 386 g/mol. The van der Waals surface area contributed by atoms with Crippen LogP contribution in [0.2, 0.25) is 0 Å². The second kappa shape index (κ2) is 11.3. The van der Waals surface area contributed by atoms with Gasteiger partial charge in [0, 0.05) is 31.6 Å². The first-order valence-corrected chi connectivity index (χ1v) is 12.0. The van der Waals surface area contributed by atoms with Crippen LogP contribution in [0.1, 0.15) is 47.0 Å². The lowest BCUT2D eigenvalue weighted by atomic mass is 10.0. The van der Waals surface area contributed by atoms with E-state index in [1.54, 1.807) is 18.2 Å². The lowest BCUT2D eigenvalue weighted by molar-refractivity contribution is 0.292. The molecule has 0 saturated carbocycles. The molecule has 0 radical (unpaired) electrons. The van der Waals surface area contributed by atoms with Gasteiger partial charge in [-0.15, -0.1) is 0 Å². The molecule has 7 nitrogen and oxygen atoms in total. The molecule has 0 spiro atoms. The van der Waals surface area contributed by atoms with Gasteiger partial charge in [-0.2, -0.15) is 5.11 Å². The first kappa shape index (κ1) is 25.1. The molecule has 0 aromatic heterocycles. The molecule has 0 aliphatic rings. The molecule has 29 heavy (non-hydrogen) atoms. The molecule has 3 N–H and O–H groups in total. The highest BCUT2D eigenvalue weighted by Crippen LogP contribution is 2.21. The van der Waals surface area contributed by atoms with Gasteiger partial charge in [-0.05, 0) is 64.8 Å². The summed E-state index contributed by atoms with van der Waals surface area (Å²) in [6, 6.07) is 7.03. The van der Waals surface area contributed by atoms with Crippen molar-refractivity contribution in [2.24, 2.45) is 16.1 Å². The number of nitrogens with zero attached hydrogens (tertiary/aromatic N) is 3. The highest BCUT2D eigenvalue weighted by atomic mass is 32.2. The Morgan fingerprint density at radius 2 is 2.07 bits per heavy atom. The maximum Gasteiger partial charge on any atom is 0.175 e. The Morgan fingerprint density at radius 3 is 2.62 bits per heavy atom. The largest absolute Gasteiger partial charge is 0.378 e. The van der Waals surface area contributed by atoms with Crippen LogP contribution >= 0.6 is 0 Å². The summed E-state index contributed by atoms with van der Waals surface area (Å²) in [5, 5.41) is 14.1. The molecule has 1 aromatic carbocycles. The second-order valence-electron chi connectivity index (χ2n) is 7.92. The Kier molecular flexibility index (Phi) is 9.79. The van der Waals surface area contributed by atoms with Crippen molar-refractivity contribution in [3.05, 3.63) is 35.9 Å². The van der Waals surface area contributed by atoms with Gasteiger partial charge in [-0.3, -0.25) is 5.01 Å². The van der Waals surface area contributed by atoms with Gasteiger partial charge in [-0.1, -0.05) is 29.9 Å². The van der Waals surface area contributed by atoms with Gasteiger partial charge in [0.2, 0.25) is 0 Å². The molecule has 1 unspecified atom stereocenters. The van der Waals surface area contributed by atoms with Crippen molar-refractivity contribution < 1.29 is 8.42 Å². The lowest BCUT2D eigenvalue weighted by Crippen LogP contribution is -2.28. The van der Waals surface area contributed by atoms with Crippen molar-refractivity contribution in [1.82, 2.24) is 5.01 Å². The fraction of sp³-hybridized carbons (Fsp3) is 0.619. The summed E-state index contributed by atoms with van der Waals surface area (Å²) in [7, 11) is -1.34. The van der Waals surface area contributed by atoms with Crippen LogP contribution in [0.25, 0.3) is 0 Å². The number of rotatable bonds is 12. The summed E-state index contributed by atoms with van der Waals surface area (Å²) >= 11 is 0. The van der Waals surface area contributed by atoms with Crippen LogP contribution in [-0.2, 0) is 9.84 Å². The zero-order chi connectivity index (χ0) is 22.1. The number of nitrogens with one attached hydrogen (secondary N) is 1. The summed E-state index contributed by atoms with van der Waals surface area (Å²) in [5.74, 6) is 0. The highest BCUT2D eigenvalue weighted by Gasteiger charge is 2.17. The van der Waals surface area contributed by atoms with Crippen LogP contribution in [0.4, 0.5) is 5.69 Å². The average Bonchev–Trinajstić information content (AvgIpc) is 2.65. The number of hydrogen-bond donors (Lipinski definition) is 2. The molecule has 0 saturated heterocycles. The predicted molar refractivity (Wildman–Crippen MR) is 121 cm³/mol. The molecule has 0 aliphatic carbocycles. The van der Waals surface area contributed by atoms with Gasteiger partial charge in [0.25, 0.3) is 0 Å². The number of benzene rings is 1. The number of hydrogen-bond acceptors (Lipinski definition) is 6. The van der Waals surface area contributed by atoms with Crippen LogP contribution < -0.4 is 11.1 Å². The van der Waals surface area contributed by atoms with Gasteiger partial charge in [-0.25, -0.2) is 8.42 Å². The van der Waals surface area contributed by atoms with E-state index in [0.29, 0.717) is 18.0 Å². The van der Waals surface area contributed by atoms with Gasteiger partial charge < -0.3 is 11.1 Å². The van der Waals surface area contributed by atoms with Gasteiger partial charge in [0.05, 0.1) is 10.4 Å². The van der Waals surface area contributed by atoms with Crippen LogP contribution in [0.15, 0.2) is 51.1 Å². The molecule has 0 heterocycles. The number of sulfone groups is 1. The first-order chi connectivity index (χ1) is 13.5. The van der Waals surface area contributed by atoms with E-state index >= 15 is 0 Å². The molecule has 1 aromatic rings. The monoisotopic (exact) mass is 423 g/mol. The van der Waals surface area contributed by atoms with E-state index in [0.717, 1.165) is 24.9 Å². The Bertz CT molecular complexity index is 803. The van der Waals surface area contributed by atoms with E-state index in [4.69, 9.17) is 5.73 Å². The number of nitrogens with two attached hydrogens (primary N) is 1. The van der Waals surface area contributed by atoms with Crippen LogP contribution in [0.5, 0.6) is 0 Å². The molecule has 164 valence electrons. The van der Waals surface area contributed by atoms with E-state index in [9.17, 15) is 8.42 Å². The van der Waals surface area contributed by atoms with Crippen LogP contribution in [0, 0.1) is 0 Å². The van der Waals surface area contributed by atoms with Crippen LogP contribution in [0.3, 0.4) is 0 Å². The van der Waals surface area contributed by atoms with Gasteiger partial charge in [0.15, 0.2) is 9.84 Å². The van der Waals surface area contributed by atoms with E-state index in [-0.39, 0.29) is 11.6 Å². The minimum Gasteiger partial charge on any atom is -0.378 e. The third-order valence-corrected chi connectivity index (χ3v) is 5.91. The van der Waals surface area contributed by atoms with Gasteiger partial charge in [0.1, 0.15) is 0 Å². The summed E-state index contributed by atoms with van der Waals surface area (Å²) < 4.78 is 23.7. The van der Waals surface area contributed by atoms with Gasteiger partial charge >= 0.3 is 0 Å². The minimum atomic E-state index is -3.24. The number of allylic oxidation sites excluding steroid dienone is 1. The second-order valence-corrected chi connectivity index (χ2v) is 9.94. The van der Waals surface area contributed by atoms with Crippen molar-refractivity contribution >= 4 is 15.5 Å². The third-order valence-electron chi connectivity index (χ3n) is 4.80. The predicted octanol–water partition coefficient (Wildman–Crippen LogP) is 4.04. The summed E-state index contributed by atoms with van der Waals surface area (Å²) in [5.41, 5.74) is 7.41. The van der Waals surface area contributed by atoms with E-state index < -0.39 is 9.84 Å². The topological polar surface area (TPSA) is 100 Å². The molecule has 1 atom stereocenters. The summed E-state index contributed by atoms with van der Waals surface area (Å²) in [6.45, 7) is 9.48. The normalized spacial score (nSPS) is 14.2. The highest BCUT2D eigenvalue weighted by molar-refractivity contribution is 7.90. The molecule has 0 aliphatic heterocycles. The average molecular weight is 424 g/mol. The lowest BCUT2D eigenvalue weighted by Gasteiger charge is -2.25. The van der Waals surface area contributed by atoms with Crippen molar-refractivity contribution in [3.63, 3.8) is 0 Å². The van der Waals surface area contributed by atoms with Crippen LogP contribution in [-0.4, -0.2) is 51.4 Å². The van der Waals surface area contributed by atoms with Crippen molar-refractivity contribution in [2.45, 2.75) is 63.4 Å². The zero-order valence-electron chi connectivity index (χ0n) is 18.6. The first-order valence-electron chi connectivity index (χ1n) is 10.1. The standard InChI is InChI=1S/C21H37N5O2S/c1-7-17(8-2)20(12-15-26(5)25-24-21(3,4)13-14-22)23-18-10-9-11-19(16-18)29(6,27)28/h7,9-11,16,20,23H,8,12-15,22H2,1-6H3/b17-7+,25-24-. The maximum atomic E-state index is 11.9. The SMILES string of the molecule is C/C=C(\CC)C(CCN(C)/N=N\C(C)(C)CCN)Nc1cccc(S(C)(=O)=O)c1. The fourth-order valence-electron chi connectivity index (χ4n) is 2.98. The van der Waals surface area contributed by atoms with Crippen molar-refractivity contribution in [2.75, 3.05) is 31.7 Å². The summed E-state index contributed by atoms with van der Waals surface area (Å²) in [6.07, 6.45) is 5.84. The van der Waals surface area contributed by atoms with E-state index in [1.165, 1.54) is 11.8 Å².